The standard InChI is InChI=1S/C6H12O5.C4H6O2/c7-1-3(8)6-5(10)4(9)2-11-6;1-3(2)4(5)6/h3-10H,1-2H2;1H2,2H3,(H,5,6)/t3-,4+,5-,6-;/m1./s1. The van der Waals surface area contributed by atoms with Crippen molar-refractivity contribution in [1.82, 2.24) is 0 Å². The van der Waals surface area contributed by atoms with Crippen LogP contribution in [0.15, 0.2) is 12.2 Å². The average Bonchev–Trinajstić information content (AvgIpc) is 2.59. The van der Waals surface area contributed by atoms with Gasteiger partial charge in [-0.05, 0) is 6.92 Å². The van der Waals surface area contributed by atoms with Crippen molar-refractivity contribution in [2.75, 3.05) is 13.2 Å². The van der Waals surface area contributed by atoms with E-state index in [1.807, 2.05) is 0 Å². The first kappa shape index (κ1) is 16.0. The second kappa shape index (κ2) is 7.36. The Balaban J connectivity index is 0.000000366. The number of carboxylic acid groups (broad SMARTS) is 1. The van der Waals surface area contributed by atoms with Gasteiger partial charge >= 0.3 is 5.97 Å². The van der Waals surface area contributed by atoms with E-state index in [0.29, 0.717) is 0 Å². The summed E-state index contributed by atoms with van der Waals surface area (Å²) in [5.74, 6) is -0.935. The van der Waals surface area contributed by atoms with Crippen LogP contribution in [0.4, 0.5) is 0 Å². The molecule has 1 aliphatic rings. The van der Waals surface area contributed by atoms with Crippen molar-refractivity contribution < 1.29 is 35.1 Å². The molecule has 1 fully saturated rings. The van der Waals surface area contributed by atoms with Gasteiger partial charge in [-0.1, -0.05) is 6.58 Å². The van der Waals surface area contributed by atoms with E-state index in [-0.39, 0.29) is 12.2 Å². The van der Waals surface area contributed by atoms with Gasteiger partial charge in [-0.15, -0.1) is 0 Å². The normalized spacial score (nSPS) is 29.1. The molecule has 0 aromatic carbocycles. The van der Waals surface area contributed by atoms with Crippen molar-refractivity contribution in [2.45, 2.75) is 31.3 Å². The van der Waals surface area contributed by atoms with Crippen LogP contribution >= 0.6 is 0 Å². The minimum Gasteiger partial charge on any atom is -0.478 e. The minimum absolute atomic E-state index is 0.00287. The molecule has 0 unspecified atom stereocenters. The zero-order valence-electron chi connectivity index (χ0n) is 9.48. The summed E-state index contributed by atoms with van der Waals surface area (Å²) in [5, 5.41) is 43.4. The zero-order valence-corrected chi connectivity index (χ0v) is 9.48. The molecule has 0 bridgehead atoms. The molecular formula is C10H18O7. The third-order valence-corrected chi connectivity index (χ3v) is 2.12. The van der Waals surface area contributed by atoms with Gasteiger partial charge in [-0.3, -0.25) is 0 Å². The Bertz CT molecular complexity index is 253. The van der Waals surface area contributed by atoms with Gasteiger partial charge in [-0.2, -0.15) is 0 Å². The summed E-state index contributed by atoms with van der Waals surface area (Å²) < 4.78 is 4.82. The van der Waals surface area contributed by atoms with Crippen LogP contribution in [-0.2, 0) is 9.53 Å². The molecule has 0 aliphatic carbocycles. The highest BCUT2D eigenvalue weighted by atomic mass is 16.5. The van der Waals surface area contributed by atoms with Crippen LogP contribution in [0.5, 0.6) is 0 Å². The van der Waals surface area contributed by atoms with Gasteiger partial charge in [0.15, 0.2) is 0 Å². The van der Waals surface area contributed by atoms with Crippen LogP contribution in [0.25, 0.3) is 0 Å². The maximum absolute atomic E-state index is 9.60. The Morgan fingerprint density at radius 3 is 2.24 bits per heavy atom. The SMILES string of the molecule is C=C(C)C(=O)O.OC[C@@H](O)[C@H]1OC[C@H](O)[C@H]1O. The molecule has 7 nitrogen and oxygen atoms in total. The molecule has 0 saturated carbocycles. The van der Waals surface area contributed by atoms with Crippen LogP contribution in [0, 0.1) is 0 Å². The number of hydrogen-bond donors (Lipinski definition) is 5. The second-order valence-corrected chi connectivity index (χ2v) is 3.69. The fourth-order valence-electron chi connectivity index (χ4n) is 1.07. The molecule has 1 saturated heterocycles. The lowest BCUT2D eigenvalue weighted by molar-refractivity contribution is -0.132. The molecule has 0 amide bonds. The first-order valence-corrected chi connectivity index (χ1v) is 4.96. The highest BCUT2D eigenvalue weighted by Gasteiger charge is 2.38. The predicted molar refractivity (Wildman–Crippen MR) is 57.3 cm³/mol. The van der Waals surface area contributed by atoms with Crippen LogP contribution in [-0.4, -0.2) is 69.1 Å². The lowest BCUT2D eigenvalue weighted by atomic mass is 10.1. The molecule has 0 spiro atoms. The Hall–Kier alpha value is -0.990. The molecule has 5 N–H and O–H groups in total. The van der Waals surface area contributed by atoms with E-state index in [2.05, 4.69) is 6.58 Å². The van der Waals surface area contributed by atoms with Gasteiger partial charge < -0.3 is 30.3 Å². The van der Waals surface area contributed by atoms with E-state index < -0.39 is 37.0 Å². The molecule has 1 rings (SSSR count). The summed E-state index contributed by atoms with van der Waals surface area (Å²) >= 11 is 0. The van der Waals surface area contributed by atoms with Crippen molar-refractivity contribution in [1.29, 1.82) is 0 Å². The van der Waals surface area contributed by atoms with Crippen molar-refractivity contribution in [3.05, 3.63) is 12.2 Å². The summed E-state index contributed by atoms with van der Waals surface area (Å²) in [5.41, 5.74) is 0.176. The summed E-state index contributed by atoms with van der Waals surface area (Å²) in [6.45, 7) is 4.13. The quantitative estimate of drug-likeness (QED) is 0.370. The topological polar surface area (TPSA) is 127 Å². The number of hydrogen-bond acceptors (Lipinski definition) is 6. The zero-order chi connectivity index (χ0) is 13.6. The maximum atomic E-state index is 9.60. The van der Waals surface area contributed by atoms with E-state index in [9.17, 15) is 4.79 Å². The van der Waals surface area contributed by atoms with Gasteiger partial charge in [0.05, 0.1) is 13.2 Å². The summed E-state index contributed by atoms with van der Waals surface area (Å²) in [6, 6.07) is 0. The van der Waals surface area contributed by atoms with Gasteiger partial charge in [0.1, 0.15) is 24.4 Å². The molecule has 4 atom stereocenters. The number of rotatable bonds is 3. The first-order chi connectivity index (χ1) is 7.81. The monoisotopic (exact) mass is 250 g/mol. The average molecular weight is 250 g/mol. The van der Waals surface area contributed by atoms with E-state index >= 15 is 0 Å². The third-order valence-electron chi connectivity index (χ3n) is 2.12. The van der Waals surface area contributed by atoms with Gasteiger partial charge in [0, 0.05) is 5.57 Å². The first-order valence-electron chi connectivity index (χ1n) is 4.96. The minimum atomic E-state index is -1.12. The molecule has 7 heteroatoms. The Morgan fingerprint density at radius 2 is 2.00 bits per heavy atom. The number of aliphatic hydroxyl groups is 4. The lowest BCUT2D eigenvalue weighted by Crippen LogP contribution is -2.40. The summed E-state index contributed by atoms with van der Waals surface area (Å²) in [7, 11) is 0. The highest BCUT2D eigenvalue weighted by molar-refractivity contribution is 5.84. The molecule has 1 heterocycles. The van der Waals surface area contributed by atoms with Gasteiger partial charge in [0.2, 0.25) is 0 Å². The number of carbonyl (C=O) groups is 1. The Morgan fingerprint density at radius 1 is 1.53 bits per heavy atom. The predicted octanol–water partition coefficient (Wildman–Crippen LogP) is -1.89. The molecule has 1 aliphatic heterocycles. The molecule has 100 valence electrons. The summed E-state index contributed by atoms with van der Waals surface area (Å²) in [4.78, 5) is 9.60. The fourth-order valence-corrected chi connectivity index (χ4v) is 1.07. The van der Waals surface area contributed by atoms with Crippen LogP contribution in [0.1, 0.15) is 6.92 Å². The number of ether oxygens (including phenoxy) is 1. The van der Waals surface area contributed by atoms with E-state index in [0.717, 1.165) is 0 Å². The number of carboxylic acids is 1. The largest absolute Gasteiger partial charge is 0.478 e. The van der Waals surface area contributed by atoms with Gasteiger partial charge in [0.25, 0.3) is 0 Å². The van der Waals surface area contributed by atoms with Crippen molar-refractivity contribution >= 4 is 5.97 Å². The van der Waals surface area contributed by atoms with E-state index in [1.54, 1.807) is 0 Å². The Kier molecular flexibility index (Phi) is 6.93. The molecule has 0 aromatic heterocycles. The second-order valence-electron chi connectivity index (χ2n) is 3.69. The smallest absolute Gasteiger partial charge is 0.330 e. The number of aliphatic carboxylic acids is 1. The molecular weight excluding hydrogens is 232 g/mol. The summed E-state index contributed by atoms with van der Waals surface area (Å²) in [6.07, 6.45) is -4.05. The molecule has 17 heavy (non-hydrogen) atoms. The lowest BCUT2D eigenvalue weighted by Gasteiger charge is -2.18. The Labute approximate surface area is 98.6 Å². The van der Waals surface area contributed by atoms with Crippen molar-refractivity contribution in [2.24, 2.45) is 0 Å². The maximum Gasteiger partial charge on any atom is 0.330 e. The van der Waals surface area contributed by atoms with Crippen LogP contribution in [0.2, 0.25) is 0 Å². The van der Waals surface area contributed by atoms with Crippen LogP contribution < -0.4 is 0 Å². The van der Waals surface area contributed by atoms with Gasteiger partial charge in [-0.25, -0.2) is 4.79 Å². The van der Waals surface area contributed by atoms with Crippen molar-refractivity contribution in [3.8, 4) is 0 Å². The van der Waals surface area contributed by atoms with E-state index in [1.165, 1.54) is 6.92 Å². The molecule has 0 aromatic rings. The highest BCUT2D eigenvalue weighted by Crippen LogP contribution is 2.16. The van der Waals surface area contributed by atoms with E-state index in [4.69, 9.17) is 30.3 Å². The fraction of sp³-hybridized carbons (Fsp3) is 0.700. The molecule has 0 radical (unpaired) electrons. The third kappa shape index (κ3) is 5.24. The van der Waals surface area contributed by atoms with Crippen molar-refractivity contribution in [3.63, 3.8) is 0 Å². The van der Waals surface area contributed by atoms with Crippen LogP contribution in [0.3, 0.4) is 0 Å². The number of aliphatic hydroxyl groups excluding tert-OH is 4.